The number of thiazole rings is 1. The standard InChI is InChI=1S/C18H14F2N2O2S/c1-3-16-21-10(2)18(25-16)12-8-14(19)17(15(20)9-12)11-4-6-13(7-5-11)22(23)24/h4-9H,3H2,1-2H3. The summed E-state index contributed by atoms with van der Waals surface area (Å²) in [5.41, 5.74) is 1.10. The molecule has 4 nitrogen and oxygen atoms in total. The first-order chi connectivity index (χ1) is 11.9. The zero-order valence-electron chi connectivity index (χ0n) is 13.5. The zero-order valence-corrected chi connectivity index (χ0v) is 14.4. The summed E-state index contributed by atoms with van der Waals surface area (Å²) in [6.45, 7) is 3.78. The average Bonchev–Trinajstić information content (AvgIpc) is 2.95. The van der Waals surface area contributed by atoms with Crippen molar-refractivity contribution in [2.45, 2.75) is 20.3 Å². The van der Waals surface area contributed by atoms with Crippen LogP contribution in [0.2, 0.25) is 0 Å². The van der Waals surface area contributed by atoms with Gasteiger partial charge >= 0.3 is 0 Å². The number of aryl methyl sites for hydroxylation is 2. The second kappa shape index (κ2) is 6.68. The van der Waals surface area contributed by atoms with Crippen LogP contribution in [-0.4, -0.2) is 9.91 Å². The molecule has 0 aliphatic heterocycles. The first-order valence-electron chi connectivity index (χ1n) is 7.61. The predicted molar refractivity (Wildman–Crippen MR) is 93.7 cm³/mol. The van der Waals surface area contributed by atoms with Crippen molar-refractivity contribution < 1.29 is 13.7 Å². The Morgan fingerprint density at radius 2 is 1.72 bits per heavy atom. The molecule has 0 bridgehead atoms. The lowest BCUT2D eigenvalue weighted by atomic mass is 10.0. The third-order valence-electron chi connectivity index (χ3n) is 3.81. The third kappa shape index (κ3) is 3.28. The summed E-state index contributed by atoms with van der Waals surface area (Å²) in [7, 11) is 0. The summed E-state index contributed by atoms with van der Waals surface area (Å²) in [5, 5.41) is 11.6. The zero-order chi connectivity index (χ0) is 18.1. The topological polar surface area (TPSA) is 56.0 Å². The van der Waals surface area contributed by atoms with Crippen molar-refractivity contribution in [3.05, 3.63) is 68.8 Å². The van der Waals surface area contributed by atoms with E-state index in [1.807, 2.05) is 13.8 Å². The van der Waals surface area contributed by atoms with Crippen molar-refractivity contribution in [3.63, 3.8) is 0 Å². The molecule has 0 saturated heterocycles. The molecule has 128 valence electrons. The lowest BCUT2D eigenvalue weighted by Gasteiger charge is -2.08. The molecule has 0 saturated carbocycles. The number of hydrogen-bond acceptors (Lipinski definition) is 4. The van der Waals surface area contributed by atoms with E-state index in [0.717, 1.165) is 22.0 Å². The summed E-state index contributed by atoms with van der Waals surface area (Å²) >= 11 is 1.42. The molecule has 7 heteroatoms. The van der Waals surface area contributed by atoms with Crippen molar-refractivity contribution in [2.24, 2.45) is 0 Å². The molecule has 0 N–H and O–H groups in total. The second-order valence-electron chi connectivity index (χ2n) is 5.49. The van der Waals surface area contributed by atoms with Crippen LogP contribution in [0, 0.1) is 28.7 Å². The van der Waals surface area contributed by atoms with Crippen LogP contribution < -0.4 is 0 Å². The van der Waals surface area contributed by atoms with E-state index in [-0.39, 0.29) is 16.8 Å². The van der Waals surface area contributed by atoms with Crippen LogP contribution in [0.1, 0.15) is 17.6 Å². The number of rotatable bonds is 4. The third-order valence-corrected chi connectivity index (χ3v) is 5.17. The van der Waals surface area contributed by atoms with E-state index >= 15 is 0 Å². The number of nitrogens with zero attached hydrogens (tertiary/aromatic N) is 2. The van der Waals surface area contributed by atoms with Crippen molar-refractivity contribution in [3.8, 4) is 21.6 Å². The number of nitro benzene ring substituents is 1. The van der Waals surface area contributed by atoms with Crippen LogP contribution in [0.25, 0.3) is 21.6 Å². The van der Waals surface area contributed by atoms with Crippen LogP contribution in [0.3, 0.4) is 0 Å². The SMILES string of the molecule is CCc1nc(C)c(-c2cc(F)c(-c3ccc([N+](=O)[O-])cc3)c(F)c2)s1. The van der Waals surface area contributed by atoms with Crippen molar-refractivity contribution >= 4 is 17.0 Å². The lowest BCUT2D eigenvalue weighted by Crippen LogP contribution is -1.93. The number of benzene rings is 2. The first kappa shape index (κ1) is 17.2. The Morgan fingerprint density at radius 3 is 2.20 bits per heavy atom. The van der Waals surface area contributed by atoms with E-state index in [1.165, 1.54) is 47.7 Å². The molecule has 0 aliphatic rings. The molecule has 1 heterocycles. The van der Waals surface area contributed by atoms with Gasteiger partial charge in [-0.3, -0.25) is 10.1 Å². The largest absolute Gasteiger partial charge is 0.269 e. The minimum absolute atomic E-state index is 0.131. The maximum absolute atomic E-state index is 14.6. The molecule has 0 radical (unpaired) electrons. The highest BCUT2D eigenvalue weighted by atomic mass is 32.1. The molecular formula is C18H14F2N2O2S. The van der Waals surface area contributed by atoms with Crippen LogP contribution in [0.5, 0.6) is 0 Å². The van der Waals surface area contributed by atoms with Gasteiger partial charge in [0.2, 0.25) is 0 Å². The molecule has 0 fully saturated rings. The monoisotopic (exact) mass is 360 g/mol. The normalized spacial score (nSPS) is 10.9. The fourth-order valence-electron chi connectivity index (χ4n) is 2.60. The first-order valence-corrected chi connectivity index (χ1v) is 8.43. The molecule has 1 aromatic heterocycles. The summed E-state index contributed by atoms with van der Waals surface area (Å²) in [6, 6.07) is 7.68. The van der Waals surface area contributed by atoms with Gasteiger partial charge in [0.25, 0.3) is 5.69 Å². The van der Waals surface area contributed by atoms with E-state index < -0.39 is 16.6 Å². The van der Waals surface area contributed by atoms with Crippen LogP contribution >= 0.6 is 11.3 Å². The molecule has 0 amide bonds. The molecule has 0 spiro atoms. The van der Waals surface area contributed by atoms with Gasteiger partial charge in [-0.25, -0.2) is 13.8 Å². The van der Waals surface area contributed by atoms with Gasteiger partial charge in [0.05, 0.1) is 26.1 Å². The summed E-state index contributed by atoms with van der Waals surface area (Å²) < 4.78 is 29.1. The minimum Gasteiger partial charge on any atom is -0.258 e. The summed E-state index contributed by atoms with van der Waals surface area (Å²) in [6.07, 6.45) is 0.761. The van der Waals surface area contributed by atoms with Crippen LogP contribution in [0.4, 0.5) is 14.5 Å². The van der Waals surface area contributed by atoms with Crippen LogP contribution in [-0.2, 0) is 6.42 Å². The van der Waals surface area contributed by atoms with Crippen molar-refractivity contribution in [1.82, 2.24) is 4.98 Å². The van der Waals surface area contributed by atoms with Gasteiger partial charge in [-0.2, -0.15) is 0 Å². The van der Waals surface area contributed by atoms with Crippen molar-refractivity contribution in [1.29, 1.82) is 0 Å². The molecule has 25 heavy (non-hydrogen) atoms. The number of hydrogen-bond donors (Lipinski definition) is 0. The highest BCUT2D eigenvalue weighted by Crippen LogP contribution is 2.35. The highest BCUT2D eigenvalue weighted by molar-refractivity contribution is 7.15. The van der Waals surface area contributed by atoms with Gasteiger partial charge in [-0.1, -0.05) is 6.92 Å². The van der Waals surface area contributed by atoms with Crippen molar-refractivity contribution in [2.75, 3.05) is 0 Å². The minimum atomic E-state index is -0.713. The molecule has 0 aliphatic carbocycles. The number of aromatic nitrogens is 1. The lowest BCUT2D eigenvalue weighted by molar-refractivity contribution is -0.384. The Hall–Kier alpha value is -2.67. The molecule has 3 aromatic rings. The Labute approximate surface area is 146 Å². The number of nitro groups is 1. The molecule has 3 rings (SSSR count). The van der Waals surface area contributed by atoms with E-state index in [9.17, 15) is 18.9 Å². The molecule has 0 unspecified atom stereocenters. The van der Waals surface area contributed by atoms with Gasteiger partial charge in [-0.15, -0.1) is 11.3 Å². The van der Waals surface area contributed by atoms with E-state index in [2.05, 4.69) is 4.98 Å². The van der Waals surface area contributed by atoms with Gasteiger partial charge in [-0.05, 0) is 48.7 Å². The second-order valence-corrected chi connectivity index (χ2v) is 6.58. The predicted octanol–water partition coefficient (Wildman–Crippen LogP) is 5.53. The van der Waals surface area contributed by atoms with Crippen LogP contribution in [0.15, 0.2) is 36.4 Å². The van der Waals surface area contributed by atoms with E-state index in [1.54, 1.807) is 0 Å². The quantitative estimate of drug-likeness (QED) is 0.454. The smallest absolute Gasteiger partial charge is 0.258 e. The fourth-order valence-corrected chi connectivity index (χ4v) is 3.59. The maximum atomic E-state index is 14.6. The number of non-ortho nitro benzene ring substituents is 1. The molecular weight excluding hydrogens is 346 g/mol. The maximum Gasteiger partial charge on any atom is 0.269 e. The molecule has 0 atom stereocenters. The van der Waals surface area contributed by atoms with Gasteiger partial charge in [0, 0.05) is 12.1 Å². The van der Waals surface area contributed by atoms with E-state index in [0.29, 0.717) is 5.56 Å². The summed E-state index contributed by atoms with van der Waals surface area (Å²) in [4.78, 5) is 15.3. The summed E-state index contributed by atoms with van der Waals surface area (Å²) in [5.74, 6) is -1.43. The Morgan fingerprint density at radius 1 is 1.12 bits per heavy atom. The molecule has 2 aromatic carbocycles. The van der Waals surface area contributed by atoms with Gasteiger partial charge in [0.1, 0.15) is 11.6 Å². The average molecular weight is 360 g/mol. The highest BCUT2D eigenvalue weighted by Gasteiger charge is 2.17. The van der Waals surface area contributed by atoms with Gasteiger partial charge in [0.15, 0.2) is 0 Å². The Bertz CT molecular complexity index is 929. The van der Waals surface area contributed by atoms with E-state index in [4.69, 9.17) is 0 Å². The van der Waals surface area contributed by atoms with Gasteiger partial charge < -0.3 is 0 Å². The Kier molecular flexibility index (Phi) is 4.59. The fraction of sp³-hybridized carbons (Fsp3) is 0.167. The number of halogens is 2. The Balaban J connectivity index is 2.06.